The van der Waals surface area contributed by atoms with E-state index in [9.17, 15) is 0 Å². The zero-order valence-electron chi connectivity index (χ0n) is 11.0. The van der Waals surface area contributed by atoms with E-state index in [0.29, 0.717) is 16.5 Å². The second-order valence-corrected chi connectivity index (χ2v) is 6.24. The molecule has 0 heterocycles. The van der Waals surface area contributed by atoms with Crippen LogP contribution in [0.1, 0.15) is 16.5 Å². The summed E-state index contributed by atoms with van der Waals surface area (Å²) in [5, 5.41) is 0.221. The zero-order chi connectivity index (χ0) is 14.7. The summed E-state index contributed by atoms with van der Waals surface area (Å²) in [4.78, 5) is 0. The molecule has 0 aliphatic heterocycles. The molecule has 1 atom stereocenters. The van der Waals surface area contributed by atoms with Gasteiger partial charge in [0.15, 0.2) is 11.5 Å². The van der Waals surface area contributed by atoms with Crippen LogP contribution in [0, 0.1) is 3.57 Å². The number of hydrogen-bond acceptors (Lipinski definition) is 2. The maximum Gasteiger partial charge on any atom is 0.162 e. The normalized spacial score (nSPS) is 12.1. The largest absolute Gasteiger partial charge is 0.493 e. The SMILES string of the molecule is COc1cc(Cl)c(C(Cl)c2cccc(I)c2)cc1OC. The van der Waals surface area contributed by atoms with Crippen molar-refractivity contribution >= 4 is 45.8 Å². The third kappa shape index (κ3) is 3.32. The molecule has 0 amide bonds. The van der Waals surface area contributed by atoms with Gasteiger partial charge in [-0.05, 0) is 51.9 Å². The summed E-state index contributed by atoms with van der Waals surface area (Å²) in [5.41, 5.74) is 1.79. The van der Waals surface area contributed by atoms with Crippen molar-refractivity contribution in [2.75, 3.05) is 14.2 Å². The minimum Gasteiger partial charge on any atom is -0.493 e. The third-order valence-corrected chi connectivity index (χ3v) is 4.40. The fourth-order valence-corrected chi connectivity index (χ4v) is 3.11. The Bertz CT molecular complexity index is 617. The molecule has 0 aliphatic carbocycles. The van der Waals surface area contributed by atoms with E-state index in [1.54, 1.807) is 20.3 Å². The van der Waals surface area contributed by atoms with Crippen molar-refractivity contribution in [3.05, 3.63) is 56.1 Å². The second-order valence-electron chi connectivity index (χ2n) is 4.15. The Morgan fingerprint density at radius 2 is 1.70 bits per heavy atom. The lowest BCUT2D eigenvalue weighted by molar-refractivity contribution is 0.354. The van der Waals surface area contributed by atoms with Crippen LogP contribution in [0.25, 0.3) is 0 Å². The molecule has 2 nitrogen and oxygen atoms in total. The van der Waals surface area contributed by atoms with Gasteiger partial charge in [0.25, 0.3) is 0 Å². The number of methoxy groups -OCH3 is 2. The van der Waals surface area contributed by atoms with Gasteiger partial charge in [0.05, 0.1) is 19.6 Å². The highest BCUT2D eigenvalue weighted by Crippen LogP contribution is 2.40. The first-order chi connectivity index (χ1) is 9.56. The van der Waals surface area contributed by atoms with Gasteiger partial charge >= 0.3 is 0 Å². The minimum atomic E-state index is -0.336. The second kappa shape index (κ2) is 6.87. The van der Waals surface area contributed by atoms with Crippen molar-refractivity contribution in [1.29, 1.82) is 0 Å². The predicted molar refractivity (Wildman–Crippen MR) is 91.4 cm³/mol. The first-order valence-electron chi connectivity index (χ1n) is 5.87. The average Bonchev–Trinajstić information content (AvgIpc) is 2.46. The van der Waals surface area contributed by atoms with Crippen LogP contribution < -0.4 is 9.47 Å². The van der Waals surface area contributed by atoms with E-state index in [1.165, 1.54) is 0 Å². The van der Waals surface area contributed by atoms with Crippen LogP contribution in [0.3, 0.4) is 0 Å². The monoisotopic (exact) mass is 422 g/mol. The van der Waals surface area contributed by atoms with Crippen molar-refractivity contribution in [1.82, 2.24) is 0 Å². The molecule has 20 heavy (non-hydrogen) atoms. The summed E-state index contributed by atoms with van der Waals surface area (Å²) < 4.78 is 11.6. The molecule has 0 aromatic heterocycles. The number of ether oxygens (including phenoxy) is 2. The lowest BCUT2D eigenvalue weighted by Crippen LogP contribution is -1.98. The molecular weight excluding hydrogens is 410 g/mol. The van der Waals surface area contributed by atoms with Gasteiger partial charge < -0.3 is 9.47 Å². The highest BCUT2D eigenvalue weighted by Gasteiger charge is 2.18. The van der Waals surface area contributed by atoms with Crippen LogP contribution in [-0.2, 0) is 0 Å². The molecule has 0 aliphatic rings. The van der Waals surface area contributed by atoms with Gasteiger partial charge in [-0.2, -0.15) is 0 Å². The summed E-state index contributed by atoms with van der Waals surface area (Å²) in [7, 11) is 3.16. The van der Waals surface area contributed by atoms with Gasteiger partial charge in [0.2, 0.25) is 0 Å². The molecular formula is C15H13Cl2IO2. The van der Waals surface area contributed by atoms with Crippen molar-refractivity contribution < 1.29 is 9.47 Å². The van der Waals surface area contributed by atoms with Gasteiger partial charge in [0, 0.05) is 14.7 Å². The first-order valence-corrected chi connectivity index (χ1v) is 7.77. The fraction of sp³-hybridized carbons (Fsp3) is 0.200. The number of rotatable bonds is 4. The van der Waals surface area contributed by atoms with Crippen LogP contribution >= 0.6 is 45.8 Å². The number of halogens is 3. The maximum atomic E-state index is 6.55. The van der Waals surface area contributed by atoms with E-state index in [0.717, 1.165) is 14.7 Å². The lowest BCUT2D eigenvalue weighted by Gasteiger charge is -2.16. The molecule has 5 heteroatoms. The Kier molecular flexibility index (Phi) is 5.41. The molecule has 0 spiro atoms. The topological polar surface area (TPSA) is 18.5 Å². The van der Waals surface area contributed by atoms with Crippen LogP contribution in [0.5, 0.6) is 11.5 Å². The van der Waals surface area contributed by atoms with Crippen LogP contribution in [0.4, 0.5) is 0 Å². The first kappa shape index (κ1) is 15.7. The van der Waals surface area contributed by atoms with Crippen molar-refractivity contribution in [2.45, 2.75) is 5.38 Å². The fourth-order valence-electron chi connectivity index (χ4n) is 1.91. The molecule has 2 aromatic carbocycles. The molecule has 0 N–H and O–H groups in total. The van der Waals surface area contributed by atoms with E-state index >= 15 is 0 Å². The van der Waals surface area contributed by atoms with E-state index in [4.69, 9.17) is 32.7 Å². The Morgan fingerprint density at radius 3 is 2.30 bits per heavy atom. The van der Waals surface area contributed by atoms with E-state index < -0.39 is 0 Å². The van der Waals surface area contributed by atoms with Gasteiger partial charge in [-0.1, -0.05) is 23.7 Å². The zero-order valence-corrected chi connectivity index (χ0v) is 14.7. The summed E-state index contributed by atoms with van der Waals surface area (Å²) in [6.07, 6.45) is 0. The molecule has 0 fully saturated rings. The lowest BCUT2D eigenvalue weighted by atomic mass is 10.0. The maximum absolute atomic E-state index is 6.55. The van der Waals surface area contributed by atoms with Crippen LogP contribution in [-0.4, -0.2) is 14.2 Å². The van der Waals surface area contributed by atoms with E-state index in [-0.39, 0.29) is 5.38 Å². The van der Waals surface area contributed by atoms with Crippen molar-refractivity contribution in [2.24, 2.45) is 0 Å². The number of benzene rings is 2. The van der Waals surface area contributed by atoms with Crippen LogP contribution in [0.2, 0.25) is 5.02 Å². The quantitative estimate of drug-likeness (QED) is 0.492. The Morgan fingerprint density at radius 1 is 1.05 bits per heavy atom. The molecule has 106 valence electrons. The van der Waals surface area contributed by atoms with Gasteiger partial charge in [-0.15, -0.1) is 11.6 Å². The summed E-state index contributed by atoms with van der Waals surface area (Å²) >= 11 is 15.1. The van der Waals surface area contributed by atoms with E-state index in [2.05, 4.69) is 22.6 Å². The predicted octanol–water partition coefficient (Wildman–Crippen LogP) is 5.29. The van der Waals surface area contributed by atoms with Gasteiger partial charge in [-0.25, -0.2) is 0 Å². The summed E-state index contributed by atoms with van der Waals surface area (Å²) in [6.45, 7) is 0. The number of alkyl halides is 1. The summed E-state index contributed by atoms with van der Waals surface area (Å²) in [5.74, 6) is 1.20. The Balaban J connectivity index is 2.46. The Labute approximate surface area is 142 Å². The highest BCUT2D eigenvalue weighted by molar-refractivity contribution is 14.1. The smallest absolute Gasteiger partial charge is 0.162 e. The molecule has 2 aromatic rings. The van der Waals surface area contributed by atoms with Crippen molar-refractivity contribution in [3.8, 4) is 11.5 Å². The molecule has 0 saturated carbocycles. The molecule has 1 unspecified atom stereocenters. The molecule has 0 bridgehead atoms. The molecule has 2 rings (SSSR count). The standard InChI is InChI=1S/C15H13Cl2IO2/c1-19-13-7-11(12(16)8-14(13)20-2)15(17)9-4-3-5-10(18)6-9/h3-8,15H,1-2H3. The summed E-state index contributed by atoms with van der Waals surface area (Å²) in [6, 6.07) is 11.5. The third-order valence-electron chi connectivity index (χ3n) is 2.92. The number of hydrogen-bond donors (Lipinski definition) is 0. The van der Waals surface area contributed by atoms with Crippen LogP contribution in [0.15, 0.2) is 36.4 Å². The highest BCUT2D eigenvalue weighted by atomic mass is 127. The minimum absolute atomic E-state index is 0.336. The molecule has 0 radical (unpaired) electrons. The average molecular weight is 423 g/mol. The van der Waals surface area contributed by atoms with Crippen molar-refractivity contribution in [3.63, 3.8) is 0 Å². The van der Waals surface area contributed by atoms with E-state index in [1.807, 2.05) is 30.3 Å². The van der Waals surface area contributed by atoms with Gasteiger partial charge in [-0.3, -0.25) is 0 Å². The van der Waals surface area contributed by atoms with Gasteiger partial charge in [0.1, 0.15) is 0 Å². The Hall–Kier alpha value is -0.650. The molecule has 0 saturated heterocycles.